The van der Waals surface area contributed by atoms with E-state index in [1.165, 1.54) is 13.2 Å². The zero-order valence-corrected chi connectivity index (χ0v) is 11.5. The lowest BCUT2D eigenvalue weighted by atomic mass is 10.1. The molecule has 0 aromatic heterocycles. The first kappa shape index (κ1) is 14.1. The molecule has 0 atom stereocenters. The summed E-state index contributed by atoms with van der Waals surface area (Å²) < 4.78 is 4.62. The number of carbonyl (C=O) groups excluding carboxylic acids is 2. The number of methoxy groups -OCH3 is 1. The predicted molar refractivity (Wildman–Crippen MR) is 77.2 cm³/mol. The van der Waals surface area contributed by atoms with Crippen LogP contribution in [0.3, 0.4) is 0 Å². The number of esters is 1. The monoisotopic (exact) mass is 289 g/mol. The Kier molecular flexibility index (Phi) is 4.38. The Hall–Kier alpha value is -2.33. The summed E-state index contributed by atoms with van der Waals surface area (Å²) in [5, 5.41) is 3.24. The Bertz CT molecular complexity index is 655. The van der Waals surface area contributed by atoms with Gasteiger partial charge in [0.2, 0.25) is 0 Å². The molecule has 0 saturated carbocycles. The number of carbonyl (C=O) groups is 2. The van der Waals surface area contributed by atoms with Crippen molar-refractivity contribution in [3.05, 3.63) is 64.7 Å². The van der Waals surface area contributed by atoms with Gasteiger partial charge in [-0.3, -0.25) is 4.79 Å². The van der Waals surface area contributed by atoms with Crippen LogP contribution in [-0.2, 0) is 4.74 Å². The van der Waals surface area contributed by atoms with E-state index in [-0.39, 0.29) is 5.91 Å². The van der Waals surface area contributed by atoms with Crippen molar-refractivity contribution in [3.8, 4) is 0 Å². The van der Waals surface area contributed by atoms with Crippen molar-refractivity contribution in [2.45, 2.75) is 0 Å². The van der Waals surface area contributed by atoms with Gasteiger partial charge in [0.15, 0.2) is 0 Å². The number of ether oxygens (including phenoxy) is 1. The van der Waals surface area contributed by atoms with Gasteiger partial charge < -0.3 is 10.1 Å². The van der Waals surface area contributed by atoms with Crippen LogP contribution in [0, 0.1) is 0 Å². The summed E-state index contributed by atoms with van der Waals surface area (Å²) in [5.74, 6) is -0.805. The summed E-state index contributed by atoms with van der Waals surface area (Å²) in [7, 11) is 1.29. The van der Waals surface area contributed by atoms with Gasteiger partial charge in [0.05, 0.1) is 12.7 Å². The van der Waals surface area contributed by atoms with E-state index in [2.05, 4.69) is 10.1 Å². The molecule has 1 N–H and O–H groups in total. The van der Waals surface area contributed by atoms with Crippen LogP contribution >= 0.6 is 11.6 Å². The molecular formula is C15H12ClNO3. The zero-order chi connectivity index (χ0) is 14.5. The summed E-state index contributed by atoms with van der Waals surface area (Å²) >= 11 is 5.85. The van der Waals surface area contributed by atoms with E-state index in [0.717, 1.165) is 0 Å². The largest absolute Gasteiger partial charge is 0.465 e. The number of benzene rings is 2. The minimum Gasteiger partial charge on any atom is -0.465 e. The third-order valence-corrected chi connectivity index (χ3v) is 2.86. The number of hydrogen-bond donors (Lipinski definition) is 1. The Morgan fingerprint density at radius 2 is 1.75 bits per heavy atom. The maximum absolute atomic E-state index is 12.1. The van der Waals surface area contributed by atoms with Gasteiger partial charge in [0.25, 0.3) is 5.91 Å². The molecule has 0 unspecified atom stereocenters. The second-order valence-corrected chi connectivity index (χ2v) is 4.47. The van der Waals surface area contributed by atoms with E-state index < -0.39 is 5.97 Å². The van der Waals surface area contributed by atoms with Crippen molar-refractivity contribution in [2.75, 3.05) is 12.4 Å². The molecule has 2 rings (SSSR count). The number of nitrogens with one attached hydrogen (secondary N) is 1. The number of halogens is 1. The second kappa shape index (κ2) is 6.21. The highest BCUT2D eigenvalue weighted by atomic mass is 35.5. The van der Waals surface area contributed by atoms with Crippen LogP contribution in [0.25, 0.3) is 0 Å². The Balaban J connectivity index is 2.19. The molecule has 2 aromatic carbocycles. The highest BCUT2D eigenvalue weighted by molar-refractivity contribution is 6.31. The first-order valence-electron chi connectivity index (χ1n) is 5.85. The second-order valence-electron chi connectivity index (χ2n) is 4.04. The molecular weight excluding hydrogens is 278 g/mol. The standard InChI is InChI=1S/C15H12ClNO3/c1-20-15(19)11-5-2-4-10(8-11)14(18)17-13-7-3-6-12(16)9-13/h2-9H,1H3,(H,17,18). The topological polar surface area (TPSA) is 55.4 Å². The van der Waals surface area contributed by atoms with Crippen molar-refractivity contribution in [3.63, 3.8) is 0 Å². The van der Waals surface area contributed by atoms with E-state index in [9.17, 15) is 9.59 Å². The van der Waals surface area contributed by atoms with E-state index in [0.29, 0.717) is 21.8 Å². The van der Waals surface area contributed by atoms with Crippen LogP contribution in [0.4, 0.5) is 5.69 Å². The normalized spacial score (nSPS) is 9.90. The molecule has 0 saturated heterocycles. The van der Waals surface area contributed by atoms with Crippen LogP contribution in [-0.4, -0.2) is 19.0 Å². The van der Waals surface area contributed by atoms with Crippen molar-refractivity contribution in [1.29, 1.82) is 0 Å². The molecule has 0 aliphatic rings. The summed E-state index contributed by atoms with van der Waals surface area (Å²) in [6.07, 6.45) is 0. The van der Waals surface area contributed by atoms with Crippen molar-refractivity contribution in [1.82, 2.24) is 0 Å². The van der Waals surface area contributed by atoms with Gasteiger partial charge in [0.1, 0.15) is 0 Å². The fourth-order valence-corrected chi connectivity index (χ4v) is 1.87. The van der Waals surface area contributed by atoms with Gasteiger partial charge in [-0.1, -0.05) is 23.7 Å². The first-order chi connectivity index (χ1) is 9.60. The predicted octanol–water partition coefficient (Wildman–Crippen LogP) is 3.38. The number of anilines is 1. The van der Waals surface area contributed by atoms with Crippen LogP contribution in [0.2, 0.25) is 5.02 Å². The molecule has 0 fully saturated rings. The number of rotatable bonds is 3. The van der Waals surface area contributed by atoms with Gasteiger partial charge in [-0.15, -0.1) is 0 Å². The molecule has 1 amide bonds. The summed E-state index contributed by atoms with van der Waals surface area (Å²) in [6, 6.07) is 13.1. The number of hydrogen-bond acceptors (Lipinski definition) is 3. The van der Waals surface area contributed by atoms with Crippen LogP contribution in [0.15, 0.2) is 48.5 Å². The molecule has 0 aliphatic heterocycles. The Labute approximate surface area is 121 Å². The summed E-state index contributed by atoms with van der Waals surface area (Å²) in [5.41, 5.74) is 1.28. The third-order valence-electron chi connectivity index (χ3n) is 2.63. The molecule has 2 aromatic rings. The van der Waals surface area contributed by atoms with E-state index >= 15 is 0 Å². The van der Waals surface area contributed by atoms with E-state index in [4.69, 9.17) is 11.6 Å². The van der Waals surface area contributed by atoms with Crippen molar-refractivity contribution in [2.24, 2.45) is 0 Å². The molecule has 0 aliphatic carbocycles. The van der Waals surface area contributed by atoms with Gasteiger partial charge in [-0.25, -0.2) is 4.79 Å². The zero-order valence-electron chi connectivity index (χ0n) is 10.7. The molecule has 0 spiro atoms. The molecule has 0 radical (unpaired) electrons. The van der Waals surface area contributed by atoms with Crippen molar-refractivity contribution >= 4 is 29.2 Å². The van der Waals surface area contributed by atoms with Gasteiger partial charge in [-0.2, -0.15) is 0 Å². The molecule has 4 nitrogen and oxygen atoms in total. The smallest absolute Gasteiger partial charge is 0.337 e. The van der Waals surface area contributed by atoms with Gasteiger partial charge in [-0.05, 0) is 36.4 Å². The van der Waals surface area contributed by atoms with Gasteiger partial charge in [0, 0.05) is 16.3 Å². The maximum Gasteiger partial charge on any atom is 0.337 e. The average Bonchev–Trinajstić information content (AvgIpc) is 2.46. The summed E-state index contributed by atoms with van der Waals surface area (Å²) in [4.78, 5) is 23.5. The first-order valence-corrected chi connectivity index (χ1v) is 6.23. The Morgan fingerprint density at radius 3 is 2.45 bits per heavy atom. The fourth-order valence-electron chi connectivity index (χ4n) is 1.67. The van der Waals surface area contributed by atoms with Gasteiger partial charge >= 0.3 is 5.97 Å². The highest BCUT2D eigenvalue weighted by Gasteiger charge is 2.10. The quantitative estimate of drug-likeness (QED) is 0.881. The molecule has 5 heteroatoms. The Morgan fingerprint density at radius 1 is 1.05 bits per heavy atom. The fraction of sp³-hybridized carbons (Fsp3) is 0.0667. The van der Waals surface area contributed by atoms with Crippen LogP contribution < -0.4 is 5.32 Å². The SMILES string of the molecule is COC(=O)c1cccc(C(=O)Nc2cccc(Cl)c2)c1. The maximum atomic E-state index is 12.1. The highest BCUT2D eigenvalue weighted by Crippen LogP contribution is 2.16. The molecule has 0 heterocycles. The van der Waals surface area contributed by atoms with Crippen LogP contribution in [0.5, 0.6) is 0 Å². The average molecular weight is 290 g/mol. The molecule has 102 valence electrons. The van der Waals surface area contributed by atoms with Crippen LogP contribution in [0.1, 0.15) is 20.7 Å². The van der Waals surface area contributed by atoms with Crippen molar-refractivity contribution < 1.29 is 14.3 Å². The lowest BCUT2D eigenvalue weighted by Crippen LogP contribution is -2.13. The third kappa shape index (κ3) is 3.36. The lowest BCUT2D eigenvalue weighted by Gasteiger charge is -2.06. The minimum absolute atomic E-state index is 0.321. The molecule has 0 bridgehead atoms. The lowest BCUT2D eigenvalue weighted by molar-refractivity contribution is 0.0600. The minimum atomic E-state index is -0.484. The van der Waals surface area contributed by atoms with E-state index in [1.807, 2.05) is 0 Å². The molecule has 20 heavy (non-hydrogen) atoms. The number of amides is 1. The van der Waals surface area contributed by atoms with E-state index in [1.54, 1.807) is 42.5 Å². The summed E-state index contributed by atoms with van der Waals surface area (Å²) in [6.45, 7) is 0.